The van der Waals surface area contributed by atoms with Crippen molar-refractivity contribution in [2.24, 2.45) is 0 Å². The van der Waals surface area contributed by atoms with E-state index < -0.39 is 5.76 Å². The highest BCUT2D eigenvalue weighted by molar-refractivity contribution is 6.35. The van der Waals surface area contributed by atoms with Crippen molar-refractivity contribution in [2.75, 3.05) is 0 Å². The van der Waals surface area contributed by atoms with Crippen molar-refractivity contribution in [3.63, 3.8) is 0 Å². The van der Waals surface area contributed by atoms with Gasteiger partial charge < -0.3 is 4.42 Å². The highest BCUT2D eigenvalue weighted by Crippen LogP contribution is 2.22. The second kappa shape index (κ2) is 5.22. The van der Waals surface area contributed by atoms with Gasteiger partial charge in [-0.1, -0.05) is 23.7 Å². The molecule has 0 spiro atoms. The van der Waals surface area contributed by atoms with Gasteiger partial charge >= 0.3 is 5.76 Å². The van der Waals surface area contributed by atoms with E-state index in [1.807, 2.05) is 6.92 Å². The molecule has 3 rings (SSSR count). The molecule has 0 saturated heterocycles. The number of rotatable bonds is 3. The lowest BCUT2D eigenvalue weighted by atomic mass is 10.0. The Morgan fingerprint density at radius 1 is 1.24 bits per heavy atom. The average Bonchev–Trinajstić information content (AvgIpc) is 2.81. The van der Waals surface area contributed by atoms with E-state index in [0.717, 1.165) is 0 Å². The van der Waals surface area contributed by atoms with Crippen molar-refractivity contribution in [1.82, 2.24) is 4.57 Å². The second-order valence-corrected chi connectivity index (χ2v) is 5.01. The molecule has 0 aliphatic carbocycles. The molecule has 5 heteroatoms. The van der Waals surface area contributed by atoms with E-state index >= 15 is 0 Å². The van der Waals surface area contributed by atoms with Crippen LogP contribution in [0.4, 0.5) is 0 Å². The lowest BCUT2D eigenvalue weighted by Crippen LogP contribution is -2.11. The summed E-state index contributed by atoms with van der Waals surface area (Å²) < 4.78 is 6.68. The van der Waals surface area contributed by atoms with Crippen molar-refractivity contribution < 1.29 is 9.21 Å². The lowest BCUT2D eigenvalue weighted by Gasteiger charge is -2.03. The maximum atomic E-state index is 12.5. The molecule has 4 nitrogen and oxygen atoms in total. The van der Waals surface area contributed by atoms with Crippen molar-refractivity contribution >= 4 is 28.5 Å². The molecular formula is C16H12ClNO3. The largest absolute Gasteiger partial charge is 0.419 e. The van der Waals surface area contributed by atoms with Gasteiger partial charge in [0.2, 0.25) is 0 Å². The van der Waals surface area contributed by atoms with E-state index in [2.05, 4.69) is 0 Å². The van der Waals surface area contributed by atoms with Gasteiger partial charge in [-0.2, -0.15) is 0 Å². The molecule has 0 fully saturated rings. The molecular weight excluding hydrogens is 290 g/mol. The topological polar surface area (TPSA) is 52.2 Å². The molecule has 0 N–H and O–H groups in total. The van der Waals surface area contributed by atoms with Crippen LogP contribution in [0.25, 0.3) is 11.1 Å². The molecule has 1 heterocycles. The Morgan fingerprint density at radius 2 is 2.00 bits per heavy atom. The number of oxazole rings is 1. The van der Waals surface area contributed by atoms with Crippen molar-refractivity contribution in [3.05, 3.63) is 69.2 Å². The Balaban J connectivity index is 2.12. The fourth-order valence-electron chi connectivity index (χ4n) is 2.31. The van der Waals surface area contributed by atoms with Gasteiger partial charge in [0.15, 0.2) is 11.4 Å². The minimum atomic E-state index is -0.421. The van der Waals surface area contributed by atoms with Gasteiger partial charge in [0, 0.05) is 17.7 Å². The maximum absolute atomic E-state index is 12.5. The fraction of sp³-hybridized carbons (Fsp3) is 0.125. The number of carbonyl (C=O) groups is 1. The molecule has 106 valence electrons. The molecule has 21 heavy (non-hydrogen) atoms. The van der Waals surface area contributed by atoms with Crippen LogP contribution in [-0.4, -0.2) is 10.4 Å². The molecule has 0 unspecified atom stereocenters. The van der Waals surface area contributed by atoms with Gasteiger partial charge in [-0.25, -0.2) is 4.79 Å². The van der Waals surface area contributed by atoms with Crippen molar-refractivity contribution in [3.8, 4) is 0 Å². The van der Waals surface area contributed by atoms with Crippen LogP contribution in [0.15, 0.2) is 51.7 Å². The first-order valence-corrected chi connectivity index (χ1v) is 6.92. The van der Waals surface area contributed by atoms with E-state index in [1.165, 1.54) is 4.57 Å². The number of ketones is 1. The first-order valence-electron chi connectivity index (χ1n) is 6.54. The van der Waals surface area contributed by atoms with Gasteiger partial charge in [0.05, 0.1) is 10.5 Å². The zero-order valence-electron chi connectivity index (χ0n) is 11.3. The summed E-state index contributed by atoms with van der Waals surface area (Å²) in [5.41, 5.74) is 1.95. The van der Waals surface area contributed by atoms with Crippen LogP contribution in [0.2, 0.25) is 5.02 Å². The van der Waals surface area contributed by atoms with Crippen LogP contribution >= 0.6 is 11.6 Å². The summed E-state index contributed by atoms with van der Waals surface area (Å²) in [6, 6.07) is 11.8. The molecule has 0 amide bonds. The predicted molar refractivity (Wildman–Crippen MR) is 81.0 cm³/mol. The van der Waals surface area contributed by atoms with Gasteiger partial charge in [-0.15, -0.1) is 0 Å². The third kappa shape index (κ3) is 2.28. The van der Waals surface area contributed by atoms with Crippen molar-refractivity contribution in [1.29, 1.82) is 0 Å². The minimum Gasteiger partial charge on any atom is -0.408 e. The zero-order valence-corrected chi connectivity index (χ0v) is 12.1. The maximum Gasteiger partial charge on any atom is 0.419 e. The number of halogens is 1. The van der Waals surface area contributed by atoms with Crippen LogP contribution in [0.5, 0.6) is 0 Å². The Kier molecular flexibility index (Phi) is 3.39. The third-order valence-corrected chi connectivity index (χ3v) is 3.69. The summed E-state index contributed by atoms with van der Waals surface area (Å²) in [6.45, 7) is 2.38. The Labute approximate surface area is 125 Å². The number of hydrogen-bond donors (Lipinski definition) is 0. The minimum absolute atomic E-state index is 0.200. The molecule has 0 saturated carbocycles. The summed E-state index contributed by atoms with van der Waals surface area (Å²) in [7, 11) is 0. The number of carbonyl (C=O) groups excluding carboxylic acids is 1. The fourth-order valence-corrected chi connectivity index (χ4v) is 2.53. The van der Waals surface area contributed by atoms with Crippen LogP contribution in [0, 0.1) is 0 Å². The normalized spacial score (nSPS) is 11.0. The molecule has 0 aliphatic heterocycles. The van der Waals surface area contributed by atoms with Crippen molar-refractivity contribution in [2.45, 2.75) is 13.5 Å². The number of fused-ring (bicyclic) bond motifs is 1. The third-order valence-electron chi connectivity index (χ3n) is 3.37. The first kappa shape index (κ1) is 13.6. The lowest BCUT2D eigenvalue weighted by molar-refractivity contribution is 0.103. The van der Waals surface area contributed by atoms with Crippen LogP contribution in [-0.2, 0) is 6.54 Å². The predicted octanol–water partition coefficient (Wildman–Crippen LogP) is 3.50. The summed E-state index contributed by atoms with van der Waals surface area (Å²) in [6.07, 6.45) is 0. The van der Waals surface area contributed by atoms with Crippen LogP contribution in [0.3, 0.4) is 0 Å². The molecule has 1 aromatic heterocycles. The SMILES string of the molecule is CCn1c(=O)oc2cc(C(=O)c3ccccc3Cl)ccc21. The molecule has 0 atom stereocenters. The molecule has 0 bridgehead atoms. The van der Waals surface area contributed by atoms with E-state index in [-0.39, 0.29) is 5.78 Å². The van der Waals surface area contributed by atoms with E-state index in [0.29, 0.717) is 33.8 Å². The Hall–Kier alpha value is -2.33. The second-order valence-electron chi connectivity index (χ2n) is 4.60. The van der Waals surface area contributed by atoms with Crippen LogP contribution < -0.4 is 5.76 Å². The highest BCUT2D eigenvalue weighted by atomic mass is 35.5. The summed E-state index contributed by atoms with van der Waals surface area (Å²) in [5.74, 6) is -0.621. The monoisotopic (exact) mass is 301 g/mol. The molecule has 0 radical (unpaired) electrons. The van der Waals surface area contributed by atoms with E-state index in [9.17, 15) is 9.59 Å². The number of aromatic nitrogens is 1. The van der Waals surface area contributed by atoms with Gasteiger partial charge in [-0.3, -0.25) is 9.36 Å². The number of benzene rings is 2. The smallest absolute Gasteiger partial charge is 0.408 e. The van der Waals surface area contributed by atoms with Gasteiger partial charge in [-0.05, 0) is 37.3 Å². The quantitative estimate of drug-likeness (QED) is 0.696. The Morgan fingerprint density at radius 3 is 2.71 bits per heavy atom. The number of aryl methyl sites for hydroxylation is 1. The van der Waals surface area contributed by atoms with E-state index in [1.54, 1.807) is 42.5 Å². The summed E-state index contributed by atoms with van der Waals surface area (Å²) >= 11 is 6.04. The molecule has 2 aromatic carbocycles. The average molecular weight is 302 g/mol. The molecule has 3 aromatic rings. The summed E-state index contributed by atoms with van der Waals surface area (Å²) in [5, 5.41) is 0.398. The van der Waals surface area contributed by atoms with Crippen LogP contribution in [0.1, 0.15) is 22.8 Å². The van der Waals surface area contributed by atoms with E-state index in [4.69, 9.17) is 16.0 Å². The first-order chi connectivity index (χ1) is 10.1. The highest BCUT2D eigenvalue weighted by Gasteiger charge is 2.15. The Bertz CT molecular complexity index is 892. The zero-order chi connectivity index (χ0) is 15.0. The summed E-state index contributed by atoms with van der Waals surface area (Å²) in [4.78, 5) is 24.1. The van der Waals surface area contributed by atoms with Gasteiger partial charge in [0.1, 0.15) is 0 Å². The standard InChI is InChI=1S/C16H12ClNO3/c1-2-18-13-8-7-10(9-14(13)21-16(18)20)15(19)11-5-3-4-6-12(11)17/h3-9H,2H2,1H3. The van der Waals surface area contributed by atoms with Gasteiger partial charge in [0.25, 0.3) is 0 Å². The molecule has 0 aliphatic rings. The number of hydrogen-bond acceptors (Lipinski definition) is 3. The number of nitrogens with zero attached hydrogens (tertiary/aromatic N) is 1.